The van der Waals surface area contributed by atoms with Gasteiger partial charge in [0.2, 0.25) is 5.95 Å². The van der Waals surface area contributed by atoms with E-state index in [2.05, 4.69) is 9.97 Å². The number of fused-ring (bicyclic) bond motifs is 1. The number of alkyl halides is 3. The van der Waals surface area contributed by atoms with Gasteiger partial charge in [0.05, 0.1) is 16.3 Å². The number of nitrogens with zero attached hydrogens (tertiary/aromatic N) is 4. The number of benzene rings is 2. The molecular formula is C20H12ClF5N6O4S. The van der Waals surface area contributed by atoms with Gasteiger partial charge in [0.25, 0.3) is 15.6 Å². The van der Waals surface area contributed by atoms with Crippen LogP contribution in [0.1, 0.15) is 5.56 Å². The van der Waals surface area contributed by atoms with Crippen molar-refractivity contribution >= 4 is 44.3 Å². The highest BCUT2D eigenvalue weighted by Crippen LogP contribution is 2.34. The van der Waals surface area contributed by atoms with Gasteiger partial charge < -0.3 is 5.73 Å². The van der Waals surface area contributed by atoms with E-state index in [0.717, 1.165) is 17.8 Å². The maximum atomic E-state index is 15.5. The van der Waals surface area contributed by atoms with Crippen LogP contribution in [0.3, 0.4) is 0 Å². The number of nitrogens with two attached hydrogens (primary N) is 1. The summed E-state index contributed by atoms with van der Waals surface area (Å²) in [5.74, 6) is -3.45. The average Bonchev–Trinajstić information content (AvgIpc) is 2.81. The second-order valence-corrected chi connectivity index (χ2v) is 9.51. The number of anilines is 2. The van der Waals surface area contributed by atoms with Crippen LogP contribution in [-0.2, 0) is 23.2 Å². The molecule has 37 heavy (non-hydrogen) atoms. The minimum Gasteiger partial charge on any atom is -0.368 e. The summed E-state index contributed by atoms with van der Waals surface area (Å²) >= 11 is 5.76. The molecule has 0 bridgehead atoms. The van der Waals surface area contributed by atoms with Crippen molar-refractivity contribution in [3.8, 4) is 5.69 Å². The summed E-state index contributed by atoms with van der Waals surface area (Å²) in [7, 11) is -3.85. The fourth-order valence-corrected chi connectivity index (χ4v) is 4.93. The first-order valence-corrected chi connectivity index (χ1v) is 11.6. The average molecular weight is 563 g/mol. The molecule has 0 amide bonds. The third-order valence-corrected chi connectivity index (χ3v) is 6.95. The molecule has 0 radical (unpaired) electrons. The summed E-state index contributed by atoms with van der Waals surface area (Å²) in [6.45, 7) is 0. The summed E-state index contributed by atoms with van der Waals surface area (Å²) in [4.78, 5) is 32.1. The number of nitrogens with one attached hydrogen (secondary N) is 1. The predicted molar refractivity (Wildman–Crippen MR) is 122 cm³/mol. The number of hydrogen-bond donors (Lipinski definition) is 2. The Kier molecular flexibility index (Phi) is 6.19. The third-order valence-electron chi connectivity index (χ3n) is 5.10. The van der Waals surface area contributed by atoms with E-state index in [9.17, 15) is 35.6 Å². The molecule has 4 rings (SSSR count). The second-order valence-electron chi connectivity index (χ2n) is 7.45. The predicted octanol–water partition coefficient (Wildman–Crippen LogP) is 2.81. The molecular weight excluding hydrogens is 551 g/mol. The number of nitrogen functional groups attached to an aromatic ring is 1. The zero-order chi connectivity index (χ0) is 27.4. The molecule has 3 N–H and O–H groups in total. The highest BCUT2D eigenvalue weighted by molar-refractivity contribution is 7.92. The van der Waals surface area contributed by atoms with Crippen molar-refractivity contribution in [1.82, 2.24) is 19.1 Å². The molecule has 0 fully saturated rings. The van der Waals surface area contributed by atoms with Crippen LogP contribution in [0.5, 0.6) is 0 Å². The van der Waals surface area contributed by atoms with Crippen molar-refractivity contribution in [1.29, 1.82) is 0 Å². The van der Waals surface area contributed by atoms with E-state index in [1.54, 1.807) is 4.72 Å². The lowest BCUT2D eigenvalue weighted by Gasteiger charge is -2.16. The van der Waals surface area contributed by atoms with Gasteiger partial charge in [-0.15, -0.1) is 0 Å². The zero-order valence-corrected chi connectivity index (χ0v) is 19.7. The third kappa shape index (κ3) is 4.48. The molecule has 0 aliphatic heterocycles. The Balaban J connectivity index is 1.91. The molecule has 10 nitrogen and oxygen atoms in total. The van der Waals surface area contributed by atoms with E-state index >= 15 is 4.39 Å². The highest BCUT2D eigenvalue weighted by Gasteiger charge is 2.33. The SMILES string of the molecule is Cn1c(=O)n(-c2c(F)ccc(NS(=O)(=O)c3cc(C(F)(F)F)ccc3Cl)c2F)c(=O)c2cnc(N)nc21. The number of halogens is 6. The Morgan fingerprint density at radius 1 is 1.11 bits per heavy atom. The summed E-state index contributed by atoms with van der Waals surface area (Å²) in [5.41, 5.74) is -0.917. The lowest BCUT2D eigenvalue weighted by atomic mass is 10.2. The largest absolute Gasteiger partial charge is 0.416 e. The van der Waals surface area contributed by atoms with Gasteiger partial charge >= 0.3 is 11.9 Å². The van der Waals surface area contributed by atoms with Gasteiger partial charge in [-0.05, 0) is 30.3 Å². The van der Waals surface area contributed by atoms with Crippen molar-refractivity contribution in [2.45, 2.75) is 11.1 Å². The molecule has 0 saturated heterocycles. The zero-order valence-electron chi connectivity index (χ0n) is 18.1. The molecule has 0 atom stereocenters. The summed E-state index contributed by atoms with van der Waals surface area (Å²) in [5, 5.41) is -0.973. The maximum Gasteiger partial charge on any atom is 0.416 e. The van der Waals surface area contributed by atoms with E-state index in [1.807, 2.05) is 0 Å². The Labute approximate surface area is 207 Å². The van der Waals surface area contributed by atoms with Crippen LogP contribution >= 0.6 is 11.6 Å². The standard InChI is InChI=1S/C20H12ClF5N6O4S/c1-31-16-9(7-28-18(27)29-16)17(33)32(19(31)34)15-11(22)4-5-12(14(15)23)30-37(35,36)13-6-8(20(24,25)26)2-3-10(13)21/h2-7,30H,1H3,(H2,27,28,29). The molecule has 17 heteroatoms. The van der Waals surface area contributed by atoms with E-state index in [1.165, 1.54) is 0 Å². The number of hydrogen-bond acceptors (Lipinski definition) is 7. The van der Waals surface area contributed by atoms with Crippen LogP contribution < -0.4 is 21.7 Å². The molecule has 0 aliphatic carbocycles. The Morgan fingerprint density at radius 2 is 1.78 bits per heavy atom. The van der Waals surface area contributed by atoms with Crippen LogP contribution in [-0.4, -0.2) is 27.5 Å². The number of sulfonamides is 1. The Morgan fingerprint density at radius 3 is 2.43 bits per heavy atom. The molecule has 2 aromatic carbocycles. The number of rotatable bonds is 4. The lowest BCUT2D eigenvalue weighted by molar-refractivity contribution is -0.137. The second kappa shape index (κ2) is 8.81. The number of aryl methyl sites for hydroxylation is 1. The molecule has 4 aromatic rings. The van der Waals surface area contributed by atoms with Crippen molar-refractivity contribution in [2.24, 2.45) is 7.05 Å². The Bertz CT molecular complexity index is 1820. The van der Waals surface area contributed by atoms with Gasteiger partial charge in [-0.3, -0.25) is 14.1 Å². The fraction of sp³-hybridized carbons (Fsp3) is 0.100. The van der Waals surface area contributed by atoms with Crippen LogP contribution in [0.25, 0.3) is 16.7 Å². The quantitative estimate of drug-likeness (QED) is 0.364. The van der Waals surface area contributed by atoms with Crippen molar-refractivity contribution < 1.29 is 30.4 Å². The normalized spacial score (nSPS) is 12.2. The van der Waals surface area contributed by atoms with Crippen LogP contribution in [0.2, 0.25) is 5.02 Å². The van der Waals surface area contributed by atoms with E-state index in [0.29, 0.717) is 24.3 Å². The topological polar surface area (TPSA) is 142 Å². The van der Waals surface area contributed by atoms with Crippen molar-refractivity contribution in [2.75, 3.05) is 10.5 Å². The molecule has 0 aliphatic rings. The van der Waals surface area contributed by atoms with Crippen molar-refractivity contribution in [3.63, 3.8) is 0 Å². The van der Waals surface area contributed by atoms with Gasteiger partial charge in [-0.2, -0.15) is 18.2 Å². The first-order chi connectivity index (χ1) is 17.1. The van der Waals surface area contributed by atoms with Gasteiger partial charge in [-0.1, -0.05) is 11.6 Å². The minimum absolute atomic E-state index is 0.0849. The lowest BCUT2D eigenvalue weighted by Crippen LogP contribution is -2.39. The smallest absolute Gasteiger partial charge is 0.368 e. The molecule has 194 valence electrons. The van der Waals surface area contributed by atoms with Crippen molar-refractivity contribution in [3.05, 3.63) is 79.6 Å². The fourth-order valence-electron chi connectivity index (χ4n) is 3.35. The first-order valence-electron chi connectivity index (χ1n) is 9.75. The molecule has 0 saturated carbocycles. The van der Waals surface area contributed by atoms with Crippen LogP contribution in [0.4, 0.5) is 33.6 Å². The molecule has 2 aromatic heterocycles. The highest BCUT2D eigenvalue weighted by atomic mass is 35.5. The molecule has 0 spiro atoms. The molecule has 0 unspecified atom stereocenters. The minimum atomic E-state index is -4.98. The van der Waals surface area contributed by atoms with Gasteiger partial charge in [0.1, 0.15) is 16.0 Å². The monoisotopic (exact) mass is 562 g/mol. The van der Waals surface area contributed by atoms with Crippen LogP contribution in [0, 0.1) is 11.6 Å². The van der Waals surface area contributed by atoms with Gasteiger partial charge in [0.15, 0.2) is 17.3 Å². The van der Waals surface area contributed by atoms with E-state index < -0.39 is 65.9 Å². The Hall–Kier alpha value is -4.05. The number of aromatic nitrogens is 4. The maximum absolute atomic E-state index is 15.5. The van der Waals surface area contributed by atoms with Crippen LogP contribution in [0.15, 0.2) is 51.0 Å². The first kappa shape index (κ1) is 26.0. The summed E-state index contributed by atoms with van der Waals surface area (Å²) in [6, 6.07) is 2.59. The summed E-state index contributed by atoms with van der Waals surface area (Å²) < 4.78 is 97.5. The van der Waals surface area contributed by atoms with E-state index in [4.69, 9.17) is 17.3 Å². The molecule has 2 heterocycles. The van der Waals surface area contributed by atoms with E-state index in [-0.39, 0.29) is 27.6 Å². The van der Waals surface area contributed by atoms with Gasteiger partial charge in [0, 0.05) is 13.2 Å². The van der Waals surface area contributed by atoms with Gasteiger partial charge in [-0.25, -0.2) is 31.5 Å². The summed E-state index contributed by atoms with van der Waals surface area (Å²) in [6.07, 6.45) is -4.00.